The molecule has 310 valence electrons. The molecule has 2 aliphatic heterocycles. The van der Waals surface area contributed by atoms with Gasteiger partial charge in [0, 0.05) is 66.3 Å². The van der Waals surface area contributed by atoms with Gasteiger partial charge in [0.2, 0.25) is 0 Å². The molecule has 0 saturated carbocycles. The van der Waals surface area contributed by atoms with Crippen LogP contribution in [0.1, 0.15) is 33.6 Å². The first kappa shape index (κ1) is 45.8. The van der Waals surface area contributed by atoms with E-state index in [2.05, 4.69) is 13.2 Å². The van der Waals surface area contributed by atoms with Crippen LogP contribution < -0.4 is 34.1 Å². The summed E-state index contributed by atoms with van der Waals surface area (Å²) in [7, 11) is -1.19. The Morgan fingerprint density at radius 1 is 0.564 bits per heavy atom. The topological polar surface area (TPSA) is 212 Å². The van der Waals surface area contributed by atoms with Crippen LogP contribution in [0.2, 0.25) is 12.1 Å². The molecule has 0 aliphatic carbocycles. The van der Waals surface area contributed by atoms with E-state index in [-0.39, 0.29) is 51.5 Å². The molecule has 0 spiro atoms. The van der Waals surface area contributed by atoms with E-state index in [9.17, 15) is 28.8 Å². The maximum absolute atomic E-state index is 12.8. The second-order valence-electron chi connectivity index (χ2n) is 12.4. The summed E-state index contributed by atoms with van der Waals surface area (Å²) in [4.78, 5) is 75.8. The van der Waals surface area contributed by atoms with Gasteiger partial charge in [-0.3, -0.25) is 0 Å². The van der Waals surface area contributed by atoms with Crippen molar-refractivity contribution in [3.63, 3.8) is 0 Å². The highest BCUT2D eigenvalue weighted by molar-refractivity contribution is 6.61. The molecule has 0 aromatic carbocycles. The van der Waals surface area contributed by atoms with Crippen LogP contribution in [-0.2, 0) is 75.3 Å². The molecule has 4 rings (SSSR count). The lowest BCUT2D eigenvalue weighted by Gasteiger charge is -2.28. The van der Waals surface area contributed by atoms with Gasteiger partial charge in [0.05, 0.1) is 51.6 Å². The van der Waals surface area contributed by atoms with Crippen LogP contribution >= 0.6 is 0 Å². The number of aromatic nitrogens is 6. The molecule has 2 fully saturated rings. The summed E-state index contributed by atoms with van der Waals surface area (Å²) in [6.07, 6.45) is 3.41. The van der Waals surface area contributed by atoms with Gasteiger partial charge in [-0.2, -0.15) is 0 Å². The highest BCUT2D eigenvalue weighted by Gasteiger charge is 2.40. The summed E-state index contributed by atoms with van der Waals surface area (Å²) in [6.45, 7) is 15.6. The Balaban J connectivity index is 0.000000297. The standard InChI is InChI=1S/C18H31N3O7Si.C15H25N3O7Si/c1-5-10-19-16(22)20(18(24)21(17(19)23)13-15-14-25-15)11-9-12-29(26-6-2,27-7-3)28-8-4;1-5-7-16-13(19)17(8-6-9-26(22-2,23-3)24-4)15(21)18(14(16)20)10-12-11-25-12/h5,15H,1,6-14H2,2-4H3;5,12H,1,6-11H2,2-4H3. The lowest BCUT2D eigenvalue weighted by Crippen LogP contribution is -2.55. The zero-order valence-corrected chi connectivity index (χ0v) is 34.7. The zero-order chi connectivity index (χ0) is 40.8. The van der Waals surface area contributed by atoms with Crippen molar-refractivity contribution in [2.24, 2.45) is 0 Å². The minimum atomic E-state index is -2.88. The first-order valence-corrected chi connectivity index (χ1v) is 22.1. The van der Waals surface area contributed by atoms with Crippen molar-refractivity contribution in [3.05, 3.63) is 88.2 Å². The van der Waals surface area contributed by atoms with Crippen LogP contribution in [-0.4, -0.2) is 112 Å². The van der Waals surface area contributed by atoms with Crippen LogP contribution in [0.25, 0.3) is 0 Å². The summed E-state index contributed by atoms with van der Waals surface area (Å²) in [5, 5.41) is 0. The molecule has 0 N–H and O–H groups in total. The number of rotatable bonds is 25. The number of allylic oxidation sites excluding steroid dienone is 2. The second-order valence-corrected chi connectivity index (χ2v) is 18.2. The second kappa shape index (κ2) is 21.6. The van der Waals surface area contributed by atoms with Gasteiger partial charge in [0.15, 0.2) is 0 Å². The van der Waals surface area contributed by atoms with Crippen molar-refractivity contribution < 1.29 is 36.0 Å². The Morgan fingerprint density at radius 3 is 1.16 bits per heavy atom. The average molecular weight is 817 g/mol. The Bertz CT molecular complexity index is 1910. The predicted molar refractivity (Wildman–Crippen MR) is 205 cm³/mol. The molecule has 2 unspecified atom stereocenters. The molecule has 20 nitrogen and oxygen atoms in total. The molecule has 22 heteroatoms. The van der Waals surface area contributed by atoms with Crippen LogP contribution in [0.4, 0.5) is 0 Å². The summed E-state index contributed by atoms with van der Waals surface area (Å²) in [6, 6.07) is 0.884. The van der Waals surface area contributed by atoms with Gasteiger partial charge in [-0.1, -0.05) is 12.2 Å². The van der Waals surface area contributed by atoms with E-state index in [1.807, 2.05) is 20.8 Å². The van der Waals surface area contributed by atoms with Crippen LogP contribution in [0.3, 0.4) is 0 Å². The van der Waals surface area contributed by atoms with E-state index in [0.717, 1.165) is 27.4 Å². The van der Waals surface area contributed by atoms with E-state index in [1.54, 1.807) is 0 Å². The van der Waals surface area contributed by atoms with Crippen molar-refractivity contribution in [2.75, 3.05) is 54.4 Å². The molecular formula is C33H56N6O14Si2. The van der Waals surface area contributed by atoms with Crippen molar-refractivity contribution in [2.45, 2.75) is 97.2 Å². The molecule has 0 amide bonds. The molecular weight excluding hydrogens is 761 g/mol. The molecule has 2 aliphatic rings. The summed E-state index contributed by atoms with van der Waals surface area (Å²) >= 11 is 0. The number of nitrogens with zero attached hydrogens (tertiary/aromatic N) is 6. The van der Waals surface area contributed by atoms with Crippen LogP contribution in [0, 0.1) is 0 Å². The molecule has 2 aromatic rings. The summed E-state index contributed by atoms with van der Waals surface area (Å²) in [5.74, 6) is 0. The first-order valence-electron chi connectivity index (χ1n) is 18.3. The molecule has 0 radical (unpaired) electrons. The Labute approximate surface area is 320 Å². The minimum absolute atomic E-state index is 0.0242. The fraction of sp³-hybridized carbons (Fsp3) is 0.697. The molecule has 2 atom stereocenters. The SMILES string of the molecule is C=CCn1c(=O)n(CCC[Si](OC)(OC)OC)c(=O)n(CC2CO2)c1=O.C=CCn1c(=O)n(CCC[Si](OCC)(OCC)OCC)c(=O)n(CC2CO2)c1=O. The number of hydrogen-bond acceptors (Lipinski definition) is 14. The Hall–Kier alpha value is -3.59. The van der Waals surface area contributed by atoms with E-state index in [4.69, 9.17) is 36.0 Å². The lowest BCUT2D eigenvalue weighted by molar-refractivity contribution is 0.0704. The van der Waals surface area contributed by atoms with Crippen molar-refractivity contribution in [1.82, 2.24) is 27.4 Å². The van der Waals surface area contributed by atoms with E-state index in [1.165, 1.54) is 33.5 Å². The van der Waals surface area contributed by atoms with Crippen LogP contribution in [0.15, 0.2) is 54.1 Å². The smallest absolute Gasteiger partial charge is 0.377 e. The zero-order valence-electron chi connectivity index (χ0n) is 32.7. The van der Waals surface area contributed by atoms with Gasteiger partial charge in [-0.25, -0.2) is 56.2 Å². The van der Waals surface area contributed by atoms with Gasteiger partial charge < -0.3 is 36.0 Å². The van der Waals surface area contributed by atoms with Crippen LogP contribution in [0.5, 0.6) is 0 Å². The number of hydrogen-bond donors (Lipinski definition) is 0. The fourth-order valence-electron chi connectivity index (χ4n) is 5.85. The van der Waals surface area contributed by atoms with Gasteiger partial charge in [-0.05, 0) is 33.6 Å². The largest absolute Gasteiger partial charge is 0.500 e. The molecule has 4 heterocycles. The third-order valence-corrected chi connectivity index (χ3v) is 14.7. The normalized spacial score (nSPS) is 16.4. The highest BCUT2D eigenvalue weighted by atomic mass is 28.4. The van der Waals surface area contributed by atoms with Crippen molar-refractivity contribution >= 4 is 17.6 Å². The van der Waals surface area contributed by atoms with Gasteiger partial charge in [0.1, 0.15) is 0 Å². The monoisotopic (exact) mass is 816 g/mol. The maximum atomic E-state index is 12.8. The third kappa shape index (κ3) is 12.0. The molecule has 2 aromatic heterocycles. The highest BCUT2D eigenvalue weighted by Crippen LogP contribution is 2.19. The molecule has 55 heavy (non-hydrogen) atoms. The van der Waals surface area contributed by atoms with E-state index < -0.39 is 51.7 Å². The third-order valence-electron chi connectivity index (χ3n) is 8.73. The molecule has 0 bridgehead atoms. The van der Waals surface area contributed by atoms with E-state index in [0.29, 0.717) is 58.0 Å². The minimum Gasteiger partial charge on any atom is -0.377 e. The first-order chi connectivity index (χ1) is 26.3. The predicted octanol–water partition coefficient (Wildman–Crippen LogP) is -0.780. The maximum Gasteiger partial charge on any atom is 0.500 e. The average Bonchev–Trinajstić information content (AvgIpc) is 4.12. The quantitative estimate of drug-likeness (QED) is 0.0684. The van der Waals surface area contributed by atoms with Gasteiger partial charge in [-0.15, -0.1) is 13.2 Å². The summed E-state index contributed by atoms with van der Waals surface area (Å²) in [5.41, 5.74) is -3.88. The van der Waals surface area contributed by atoms with Gasteiger partial charge in [0.25, 0.3) is 0 Å². The van der Waals surface area contributed by atoms with Crippen molar-refractivity contribution in [3.8, 4) is 0 Å². The Morgan fingerprint density at radius 2 is 0.873 bits per heavy atom. The summed E-state index contributed by atoms with van der Waals surface area (Å²) < 4.78 is 49.9. The fourth-order valence-corrected chi connectivity index (χ4v) is 10.1. The van der Waals surface area contributed by atoms with Gasteiger partial charge >= 0.3 is 51.7 Å². The molecule has 2 saturated heterocycles. The van der Waals surface area contributed by atoms with Crippen molar-refractivity contribution in [1.29, 1.82) is 0 Å². The lowest BCUT2D eigenvalue weighted by atomic mass is 10.4. The number of ether oxygens (including phenoxy) is 2. The number of epoxide rings is 2. The van der Waals surface area contributed by atoms with E-state index >= 15 is 0 Å². The Kier molecular flexibility index (Phi) is 18.0.